The van der Waals surface area contributed by atoms with Gasteiger partial charge in [-0.05, 0) is 43.8 Å². The number of benzene rings is 1. The van der Waals surface area contributed by atoms with Crippen LogP contribution in [0.25, 0.3) is 11.0 Å². The Bertz CT molecular complexity index is 865. The fraction of sp³-hybridized carbons (Fsp3) is 0.429. The number of fused-ring (bicyclic) bond motifs is 1. The number of ether oxygens (including phenoxy) is 1. The molecule has 0 fully saturated rings. The average Bonchev–Trinajstić information content (AvgIpc) is 2.73. The van der Waals surface area contributed by atoms with Crippen LogP contribution in [0.3, 0.4) is 0 Å². The fourth-order valence-electron chi connectivity index (χ4n) is 2.00. The van der Waals surface area contributed by atoms with Crippen LogP contribution in [0.5, 0.6) is 0 Å². The number of hydrogen-bond acceptors (Lipinski definition) is 5. The Balaban J connectivity index is 2.38. The average molecular weight is 342 g/mol. The summed E-state index contributed by atoms with van der Waals surface area (Å²) in [6, 6.07) is 4.64. The van der Waals surface area contributed by atoms with Crippen LogP contribution >= 0.6 is 12.2 Å². The molecule has 1 atom stereocenters. The first-order valence-corrected chi connectivity index (χ1v) is 9.14. The molecule has 0 aliphatic rings. The lowest BCUT2D eigenvalue weighted by atomic mass is 10.3. The van der Waals surface area contributed by atoms with Crippen molar-refractivity contribution in [3.05, 3.63) is 23.0 Å². The van der Waals surface area contributed by atoms with Crippen molar-refractivity contribution in [1.82, 2.24) is 9.55 Å². The lowest BCUT2D eigenvalue weighted by Gasteiger charge is -2.11. The molecule has 120 valence electrons. The summed E-state index contributed by atoms with van der Waals surface area (Å²) < 4.78 is 30.3. The van der Waals surface area contributed by atoms with Gasteiger partial charge in [0.05, 0.1) is 22.0 Å². The summed E-state index contributed by atoms with van der Waals surface area (Å²) >= 11 is 5.20. The van der Waals surface area contributed by atoms with Gasteiger partial charge in [0, 0.05) is 6.26 Å². The molecule has 1 aromatic heterocycles. The van der Waals surface area contributed by atoms with Crippen LogP contribution in [0.2, 0.25) is 0 Å². The van der Waals surface area contributed by atoms with Crippen LogP contribution in [-0.2, 0) is 25.9 Å². The predicted octanol–water partition coefficient (Wildman–Crippen LogP) is 2.44. The summed E-state index contributed by atoms with van der Waals surface area (Å²) in [5, 5.41) is 0. The number of nitrogens with zero attached hydrogens (tertiary/aromatic N) is 1. The Morgan fingerprint density at radius 1 is 1.45 bits per heavy atom. The normalized spacial score (nSPS) is 13.2. The number of esters is 1. The molecule has 0 radical (unpaired) electrons. The molecule has 0 aliphatic carbocycles. The quantitative estimate of drug-likeness (QED) is 0.667. The third-order valence-corrected chi connectivity index (χ3v) is 4.80. The minimum Gasteiger partial charge on any atom is -0.461 e. The lowest BCUT2D eigenvalue weighted by Crippen LogP contribution is -2.19. The van der Waals surface area contributed by atoms with E-state index in [1.54, 1.807) is 10.6 Å². The van der Waals surface area contributed by atoms with E-state index in [9.17, 15) is 13.2 Å². The van der Waals surface area contributed by atoms with Crippen molar-refractivity contribution >= 4 is 39.1 Å². The summed E-state index contributed by atoms with van der Waals surface area (Å²) in [5.41, 5.74) is 1.24. The van der Waals surface area contributed by atoms with E-state index in [0.29, 0.717) is 15.8 Å². The number of carbonyl (C=O) groups excluding carboxylic acids is 1. The van der Waals surface area contributed by atoms with Gasteiger partial charge in [0.25, 0.3) is 0 Å². The highest BCUT2D eigenvalue weighted by molar-refractivity contribution is 7.90. The molecule has 0 saturated heterocycles. The molecule has 22 heavy (non-hydrogen) atoms. The minimum atomic E-state index is -3.30. The van der Waals surface area contributed by atoms with E-state index in [-0.39, 0.29) is 23.5 Å². The van der Waals surface area contributed by atoms with Crippen molar-refractivity contribution in [2.24, 2.45) is 0 Å². The maximum absolute atomic E-state index is 11.9. The van der Waals surface area contributed by atoms with Gasteiger partial charge in [-0.15, -0.1) is 0 Å². The van der Waals surface area contributed by atoms with Crippen LogP contribution in [0.4, 0.5) is 0 Å². The van der Waals surface area contributed by atoms with Gasteiger partial charge in [-0.3, -0.25) is 4.79 Å². The van der Waals surface area contributed by atoms with Crippen LogP contribution in [0.15, 0.2) is 23.1 Å². The van der Waals surface area contributed by atoms with Gasteiger partial charge in [0.2, 0.25) is 0 Å². The molecule has 1 heterocycles. The van der Waals surface area contributed by atoms with Gasteiger partial charge in [0.1, 0.15) is 6.54 Å². The predicted molar refractivity (Wildman–Crippen MR) is 86.1 cm³/mol. The van der Waals surface area contributed by atoms with E-state index in [2.05, 4.69) is 4.98 Å². The minimum absolute atomic E-state index is 0.0125. The molecule has 8 heteroatoms. The largest absolute Gasteiger partial charge is 0.461 e. The smallest absolute Gasteiger partial charge is 0.326 e. The molecule has 0 aliphatic heterocycles. The molecule has 2 rings (SSSR count). The summed E-state index contributed by atoms with van der Waals surface area (Å²) in [6.07, 6.45) is 1.73. The molecule has 0 saturated carbocycles. The molecular formula is C14H18N2O4S2. The second-order valence-electron chi connectivity index (χ2n) is 5.18. The lowest BCUT2D eigenvalue weighted by molar-refractivity contribution is -0.149. The third-order valence-electron chi connectivity index (χ3n) is 3.37. The number of imidazole rings is 1. The van der Waals surface area contributed by atoms with Gasteiger partial charge in [-0.1, -0.05) is 6.92 Å². The van der Waals surface area contributed by atoms with Crippen molar-refractivity contribution < 1.29 is 17.9 Å². The van der Waals surface area contributed by atoms with Gasteiger partial charge < -0.3 is 14.3 Å². The van der Waals surface area contributed by atoms with E-state index in [1.165, 1.54) is 12.1 Å². The third kappa shape index (κ3) is 3.56. The monoisotopic (exact) mass is 342 g/mol. The number of carbonyl (C=O) groups is 1. The zero-order valence-corrected chi connectivity index (χ0v) is 14.3. The summed E-state index contributed by atoms with van der Waals surface area (Å²) in [6.45, 7) is 3.74. The summed E-state index contributed by atoms with van der Waals surface area (Å²) in [7, 11) is -3.30. The molecule has 0 amide bonds. The number of aromatic nitrogens is 2. The highest BCUT2D eigenvalue weighted by atomic mass is 32.2. The Kier molecular flexibility index (Phi) is 4.72. The first-order valence-electron chi connectivity index (χ1n) is 6.84. The molecule has 0 spiro atoms. The standard InChI is InChI=1S/C14H18N2O4S2/c1-4-9(2)20-13(17)8-16-12-6-5-10(22(3,18)19)7-11(12)15-14(16)21/h5-7,9H,4,8H2,1-3H3,(H,15,21). The summed E-state index contributed by atoms with van der Waals surface area (Å²) in [4.78, 5) is 15.0. The van der Waals surface area contributed by atoms with Crippen LogP contribution in [-0.4, -0.2) is 36.3 Å². The topological polar surface area (TPSA) is 81.2 Å². The highest BCUT2D eigenvalue weighted by Crippen LogP contribution is 2.19. The van der Waals surface area contributed by atoms with Crippen LogP contribution < -0.4 is 0 Å². The van der Waals surface area contributed by atoms with Crippen LogP contribution in [0, 0.1) is 4.77 Å². The van der Waals surface area contributed by atoms with Crippen molar-refractivity contribution in [1.29, 1.82) is 0 Å². The molecule has 1 unspecified atom stereocenters. The Hall–Kier alpha value is -1.67. The number of rotatable bonds is 5. The number of sulfone groups is 1. The van der Waals surface area contributed by atoms with Crippen molar-refractivity contribution in [3.63, 3.8) is 0 Å². The Morgan fingerprint density at radius 2 is 2.14 bits per heavy atom. The molecule has 0 bridgehead atoms. The Morgan fingerprint density at radius 3 is 2.73 bits per heavy atom. The van der Waals surface area contributed by atoms with Crippen molar-refractivity contribution in [3.8, 4) is 0 Å². The van der Waals surface area contributed by atoms with Gasteiger partial charge in [-0.25, -0.2) is 8.42 Å². The number of H-pyrrole nitrogens is 1. The molecule has 2 aromatic rings. The number of hydrogen-bond donors (Lipinski definition) is 1. The SMILES string of the molecule is CCC(C)OC(=O)Cn1c(=S)[nH]c2cc(S(C)(=O)=O)ccc21. The van der Waals surface area contributed by atoms with E-state index in [1.807, 2.05) is 13.8 Å². The summed E-state index contributed by atoms with van der Waals surface area (Å²) in [5.74, 6) is -0.376. The van der Waals surface area contributed by atoms with Gasteiger partial charge in [0.15, 0.2) is 14.6 Å². The molecule has 6 nitrogen and oxygen atoms in total. The van der Waals surface area contributed by atoms with E-state index < -0.39 is 9.84 Å². The van der Waals surface area contributed by atoms with Crippen LogP contribution in [0.1, 0.15) is 20.3 Å². The molecule has 1 aromatic carbocycles. The van der Waals surface area contributed by atoms with Crippen molar-refractivity contribution in [2.75, 3.05) is 6.26 Å². The van der Waals surface area contributed by atoms with E-state index >= 15 is 0 Å². The molecule has 1 N–H and O–H groups in total. The number of aromatic amines is 1. The maximum atomic E-state index is 11.9. The zero-order valence-electron chi connectivity index (χ0n) is 12.6. The maximum Gasteiger partial charge on any atom is 0.326 e. The first kappa shape index (κ1) is 16.7. The van der Waals surface area contributed by atoms with Crippen molar-refractivity contribution in [2.45, 2.75) is 37.8 Å². The fourth-order valence-corrected chi connectivity index (χ4v) is 2.92. The first-order chi connectivity index (χ1) is 10.2. The molecular weight excluding hydrogens is 324 g/mol. The number of nitrogens with one attached hydrogen (secondary N) is 1. The Labute approximate surface area is 134 Å². The van der Waals surface area contributed by atoms with Gasteiger partial charge >= 0.3 is 5.97 Å². The second kappa shape index (κ2) is 6.21. The zero-order chi connectivity index (χ0) is 16.5. The second-order valence-corrected chi connectivity index (χ2v) is 7.58. The van der Waals surface area contributed by atoms with E-state index in [4.69, 9.17) is 17.0 Å². The van der Waals surface area contributed by atoms with E-state index in [0.717, 1.165) is 12.7 Å². The highest BCUT2D eigenvalue weighted by Gasteiger charge is 2.14. The van der Waals surface area contributed by atoms with Gasteiger partial charge in [-0.2, -0.15) is 0 Å².